The molecular formula is C29H28ClNO2. The van der Waals surface area contributed by atoms with Gasteiger partial charge >= 0.3 is 0 Å². The van der Waals surface area contributed by atoms with Gasteiger partial charge in [-0.05, 0) is 79.1 Å². The molecule has 0 saturated heterocycles. The lowest BCUT2D eigenvalue weighted by Crippen LogP contribution is -2.18. The van der Waals surface area contributed by atoms with Crippen molar-refractivity contribution in [2.24, 2.45) is 0 Å². The van der Waals surface area contributed by atoms with Crippen LogP contribution in [-0.2, 0) is 12.0 Å². The summed E-state index contributed by atoms with van der Waals surface area (Å²) in [5, 5.41) is 23.5. The molecule has 0 aliphatic heterocycles. The molecule has 4 rings (SSSR count). The van der Waals surface area contributed by atoms with E-state index in [-0.39, 0.29) is 18.4 Å². The number of nitrogens with zero attached hydrogens (tertiary/aromatic N) is 1. The van der Waals surface area contributed by atoms with Gasteiger partial charge in [-0.25, -0.2) is 4.98 Å². The molecule has 0 fully saturated rings. The Morgan fingerprint density at radius 3 is 2.67 bits per heavy atom. The number of aromatic nitrogens is 1. The number of halogens is 1. The standard InChI is InChI=1S/C29H28ClNO2/c1-29(2,33)26-9-4-3-7-21(26)13-17-28(32)23-8-5-6-20(18-23)10-15-25-16-12-22-11-14-24(30)19-27(22)31-25/h3-12,14-16,18-19,28,32-33H,13,17H2,1-2H3/b15-10+/t28-/m1/s1/i1D3,2D3. The maximum absolute atomic E-state index is 11.0. The molecule has 0 saturated carbocycles. The summed E-state index contributed by atoms with van der Waals surface area (Å²) in [6.07, 6.45) is 3.20. The van der Waals surface area contributed by atoms with E-state index in [4.69, 9.17) is 19.8 Å². The van der Waals surface area contributed by atoms with E-state index in [1.807, 2.05) is 54.6 Å². The molecule has 1 aromatic heterocycles. The Morgan fingerprint density at radius 2 is 1.82 bits per heavy atom. The van der Waals surface area contributed by atoms with E-state index in [1.54, 1.807) is 24.3 Å². The van der Waals surface area contributed by atoms with Gasteiger partial charge in [-0.1, -0.05) is 72.3 Å². The van der Waals surface area contributed by atoms with Crippen molar-refractivity contribution in [1.29, 1.82) is 0 Å². The molecule has 4 aromatic rings. The molecule has 0 spiro atoms. The maximum atomic E-state index is 11.0. The first-order valence-electron chi connectivity index (χ1n) is 13.6. The number of aliphatic hydroxyl groups is 2. The molecular weight excluding hydrogens is 430 g/mol. The fourth-order valence-electron chi connectivity index (χ4n) is 3.80. The third-order valence-electron chi connectivity index (χ3n) is 5.51. The predicted molar refractivity (Wildman–Crippen MR) is 137 cm³/mol. The highest BCUT2D eigenvalue weighted by molar-refractivity contribution is 6.31. The van der Waals surface area contributed by atoms with Crippen LogP contribution in [0.15, 0.2) is 78.9 Å². The molecule has 0 unspecified atom stereocenters. The molecule has 0 aliphatic carbocycles. The number of fused-ring (bicyclic) bond motifs is 1. The van der Waals surface area contributed by atoms with Crippen LogP contribution in [0.2, 0.25) is 5.02 Å². The van der Waals surface area contributed by atoms with Crippen molar-refractivity contribution in [3.05, 3.63) is 112 Å². The third kappa shape index (κ3) is 5.88. The van der Waals surface area contributed by atoms with E-state index < -0.39 is 25.4 Å². The molecule has 2 N–H and O–H groups in total. The van der Waals surface area contributed by atoms with Crippen LogP contribution in [0.3, 0.4) is 0 Å². The Morgan fingerprint density at radius 1 is 1.00 bits per heavy atom. The Balaban J connectivity index is 1.52. The van der Waals surface area contributed by atoms with Crippen LogP contribution in [0.25, 0.3) is 23.1 Å². The first-order chi connectivity index (χ1) is 18.3. The van der Waals surface area contributed by atoms with Gasteiger partial charge in [0.25, 0.3) is 0 Å². The van der Waals surface area contributed by atoms with Gasteiger partial charge in [-0.3, -0.25) is 0 Å². The van der Waals surface area contributed by atoms with Crippen LogP contribution < -0.4 is 0 Å². The van der Waals surface area contributed by atoms with Crippen molar-refractivity contribution in [3.63, 3.8) is 0 Å². The van der Waals surface area contributed by atoms with E-state index >= 15 is 0 Å². The number of aliphatic hydroxyl groups excluding tert-OH is 1. The van der Waals surface area contributed by atoms with Crippen LogP contribution in [0.1, 0.15) is 62.4 Å². The third-order valence-corrected chi connectivity index (χ3v) is 5.75. The highest BCUT2D eigenvalue weighted by atomic mass is 35.5. The fraction of sp³-hybridized carbons (Fsp3) is 0.207. The van der Waals surface area contributed by atoms with Gasteiger partial charge in [0.05, 0.1) is 22.9 Å². The first kappa shape index (κ1) is 16.6. The van der Waals surface area contributed by atoms with Gasteiger partial charge in [0.15, 0.2) is 0 Å². The largest absolute Gasteiger partial charge is 0.388 e. The second kappa shape index (κ2) is 9.88. The number of benzene rings is 3. The minimum atomic E-state index is -3.18. The van der Waals surface area contributed by atoms with E-state index in [9.17, 15) is 10.2 Å². The minimum Gasteiger partial charge on any atom is -0.388 e. The smallest absolute Gasteiger partial charge is 0.0843 e. The molecule has 0 bridgehead atoms. The summed E-state index contributed by atoms with van der Waals surface area (Å²) in [5.41, 5.74) is 0.173. The maximum Gasteiger partial charge on any atom is 0.0843 e. The predicted octanol–water partition coefficient (Wildman–Crippen LogP) is 6.95. The van der Waals surface area contributed by atoms with Crippen molar-refractivity contribution in [3.8, 4) is 0 Å². The molecule has 3 aromatic carbocycles. The van der Waals surface area contributed by atoms with Crippen LogP contribution in [0, 0.1) is 0 Å². The zero-order chi connectivity index (χ0) is 28.4. The molecule has 0 aliphatic rings. The topological polar surface area (TPSA) is 53.4 Å². The van der Waals surface area contributed by atoms with Gasteiger partial charge < -0.3 is 10.2 Å². The summed E-state index contributed by atoms with van der Waals surface area (Å²) in [6.45, 7) is -6.36. The first-order valence-corrected chi connectivity index (χ1v) is 11.0. The number of hydrogen-bond acceptors (Lipinski definition) is 3. The highest BCUT2D eigenvalue weighted by Crippen LogP contribution is 2.27. The average molecular weight is 464 g/mol. The van der Waals surface area contributed by atoms with Crippen LogP contribution in [-0.4, -0.2) is 15.2 Å². The lowest BCUT2D eigenvalue weighted by molar-refractivity contribution is 0.0772. The lowest BCUT2D eigenvalue weighted by atomic mass is 9.90. The summed E-state index contributed by atoms with van der Waals surface area (Å²) in [5.74, 6) is 0. The van der Waals surface area contributed by atoms with Crippen molar-refractivity contribution < 1.29 is 18.4 Å². The average Bonchev–Trinajstić information content (AvgIpc) is 2.89. The Hall–Kier alpha value is -2.98. The SMILES string of the molecule is [2H]C([2H])([2H])C(O)(c1ccccc1CC[C@@H](O)c1cccc(/C=C/c2ccc3ccc(Cl)cc3n2)c1)C([2H])([2H])[2H]. The van der Waals surface area contributed by atoms with Gasteiger partial charge in [-0.15, -0.1) is 0 Å². The molecule has 0 radical (unpaired) electrons. The summed E-state index contributed by atoms with van der Waals surface area (Å²) in [4.78, 5) is 4.61. The fourth-order valence-corrected chi connectivity index (χ4v) is 3.97. The summed E-state index contributed by atoms with van der Waals surface area (Å²) < 4.78 is 46.5. The minimum absolute atomic E-state index is 0.162. The second-order valence-electron chi connectivity index (χ2n) is 8.00. The van der Waals surface area contributed by atoms with Crippen LogP contribution in [0.4, 0.5) is 0 Å². The molecule has 33 heavy (non-hydrogen) atoms. The normalized spacial score (nSPS) is 16.5. The van der Waals surface area contributed by atoms with E-state index in [2.05, 4.69) is 4.98 Å². The Bertz CT molecular complexity index is 1490. The van der Waals surface area contributed by atoms with E-state index in [1.165, 1.54) is 12.1 Å². The van der Waals surface area contributed by atoms with Gasteiger partial charge in [-0.2, -0.15) is 0 Å². The van der Waals surface area contributed by atoms with Gasteiger partial charge in [0.1, 0.15) is 0 Å². The molecule has 1 atom stereocenters. The number of hydrogen-bond donors (Lipinski definition) is 2. The second-order valence-corrected chi connectivity index (χ2v) is 8.44. The Kier molecular flexibility index (Phi) is 4.97. The molecule has 1 heterocycles. The molecule has 168 valence electrons. The summed E-state index contributed by atoms with van der Waals surface area (Å²) in [6, 6.07) is 22.8. The van der Waals surface area contributed by atoms with Crippen LogP contribution >= 0.6 is 11.6 Å². The van der Waals surface area contributed by atoms with E-state index in [0.29, 0.717) is 16.1 Å². The molecule has 0 amide bonds. The summed E-state index contributed by atoms with van der Waals surface area (Å²) in [7, 11) is 0. The van der Waals surface area contributed by atoms with Crippen molar-refractivity contribution >= 4 is 34.7 Å². The van der Waals surface area contributed by atoms with Crippen molar-refractivity contribution in [2.45, 2.75) is 38.3 Å². The van der Waals surface area contributed by atoms with E-state index in [0.717, 1.165) is 22.2 Å². The van der Waals surface area contributed by atoms with Crippen molar-refractivity contribution in [2.75, 3.05) is 0 Å². The monoisotopic (exact) mass is 463 g/mol. The Labute approximate surface area is 208 Å². The number of aryl methyl sites for hydroxylation is 1. The highest BCUT2D eigenvalue weighted by Gasteiger charge is 2.20. The molecule has 3 nitrogen and oxygen atoms in total. The molecule has 4 heteroatoms. The van der Waals surface area contributed by atoms with Gasteiger partial charge in [0, 0.05) is 18.6 Å². The van der Waals surface area contributed by atoms with Crippen molar-refractivity contribution in [1.82, 2.24) is 4.98 Å². The quantitative estimate of drug-likeness (QED) is 0.311. The number of rotatable bonds is 7. The summed E-state index contributed by atoms with van der Waals surface area (Å²) >= 11 is 6.08. The number of pyridine rings is 1. The van der Waals surface area contributed by atoms with Gasteiger partial charge in [0.2, 0.25) is 0 Å². The zero-order valence-corrected chi connectivity index (χ0v) is 18.6. The lowest BCUT2D eigenvalue weighted by Gasteiger charge is -2.22. The van der Waals surface area contributed by atoms with Crippen LogP contribution in [0.5, 0.6) is 0 Å². The zero-order valence-electron chi connectivity index (χ0n) is 23.9.